The van der Waals surface area contributed by atoms with E-state index in [0.717, 1.165) is 5.01 Å². The Morgan fingerprint density at radius 2 is 2.30 bits per heavy atom. The fraction of sp³-hybridized carbons (Fsp3) is 0.800. The number of esters is 1. The summed E-state index contributed by atoms with van der Waals surface area (Å²) < 4.78 is 4.48. The van der Waals surface area contributed by atoms with E-state index >= 15 is 0 Å². The van der Waals surface area contributed by atoms with E-state index in [1.165, 1.54) is 6.92 Å². The summed E-state index contributed by atoms with van der Waals surface area (Å²) in [4.78, 5) is 20.0. The van der Waals surface area contributed by atoms with E-state index in [0.29, 0.717) is 6.54 Å². The maximum atomic E-state index is 10.2. The number of rotatable bonds is 4. The molecule has 0 amide bonds. The Morgan fingerprint density at radius 3 is 2.60 bits per heavy atom. The van der Waals surface area contributed by atoms with Crippen LogP contribution in [0.5, 0.6) is 0 Å². The molecule has 0 fully saturated rings. The number of nitrogens with zero attached hydrogens (tertiary/aromatic N) is 2. The van der Waals surface area contributed by atoms with Gasteiger partial charge in [-0.25, -0.2) is 5.01 Å². The lowest BCUT2D eigenvalue weighted by atomic mass is 10.7. The minimum absolute atomic E-state index is 0.0602. The largest absolute Gasteiger partial charge is 0.443 e. The summed E-state index contributed by atoms with van der Waals surface area (Å²) in [6.45, 7) is 3.40. The Hall–Kier alpha value is -1.13. The number of carbonyl (C=O) groups is 1. The smallest absolute Gasteiger partial charge is 0.304 e. The minimum Gasteiger partial charge on any atom is -0.443 e. The zero-order chi connectivity index (χ0) is 7.98. The SMILES string of the molecule is CCN(COC(C)=O)N=O. The first-order valence-electron chi connectivity index (χ1n) is 2.92. The third kappa shape index (κ3) is 3.82. The summed E-state index contributed by atoms with van der Waals surface area (Å²) in [5, 5.41) is 3.68. The second kappa shape index (κ2) is 4.72. The van der Waals surface area contributed by atoms with Crippen LogP contribution >= 0.6 is 0 Å². The Bertz CT molecular complexity index is 126. The summed E-state index contributed by atoms with van der Waals surface area (Å²) in [6, 6.07) is 0. The van der Waals surface area contributed by atoms with Crippen LogP contribution in [0.1, 0.15) is 13.8 Å². The zero-order valence-electron chi connectivity index (χ0n) is 6.03. The molecule has 0 rings (SSSR count). The fourth-order valence-corrected chi connectivity index (χ4v) is 0.338. The fourth-order valence-electron chi connectivity index (χ4n) is 0.338. The first-order valence-corrected chi connectivity index (χ1v) is 2.92. The molecule has 0 spiro atoms. The van der Waals surface area contributed by atoms with Crippen LogP contribution in [-0.2, 0) is 9.53 Å². The number of ether oxygens (including phenoxy) is 1. The van der Waals surface area contributed by atoms with Crippen LogP contribution in [0.2, 0.25) is 0 Å². The molecule has 10 heavy (non-hydrogen) atoms. The molecular formula is C5H10N2O3. The van der Waals surface area contributed by atoms with Crippen molar-refractivity contribution in [3.8, 4) is 0 Å². The van der Waals surface area contributed by atoms with Crippen molar-refractivity contribution in [2.45, 2.75) is 13.8 Å². The van der Waals surface area contributed by atoms with Gasteiger partial charge in [-0.2, -0.15) is 0 Å². The van der Waals surface area contributed by atoms with E-state index in [4.69, 9.17) is 0 Å². The van der Waals surface area contributed by atoms with Crippen LogP contribution in [0.25, 0.3) is 0 Å². The molecule has 0 aliphatic carbocycles. The number of carbonyl (C=O) groups excluding carboxylic acids is 1. The number of nitroso groups, excluding NO2 is 1. The van der Waals surface area contributed by atoms with Gasteiger partial charge in [0.1, 0.15) is 0 Å². The van der Waals surface area contributed by atoms with Gasteiger partial charge in [0.2, 0.25) is 0 Å². The lowest BCUT2D eigenvalue weighted by Gasteiger charge is -2.10. The zero-order valence-corrected chi connectivity index (χ0v) is 6.03. The van der Waals surface area contributed by atoms with Gasteiger partial charge >= 0.3 is 5.97 Å². The Labute approximate surface area is 58.9 Å². The van der Waals surface area contributed by atoms with Gasteiger partial charge in [0.05, 0.1) is 5.29 Å². The van der Waals surface area contributed by atoms with Crippen molar-refractivity contribution >= 4 is 5.97 Å². The van der Waals surface area contributed by atoms with Crippen molar-refractivity contribution in [2.24, 2.45) is 5.29 Å². The molecule has 0 atom stereocenters. The molecule has 0 aromatic carbocycles. The molecule has 5 nitrogen and oxygen atoms in total. The molecule has 58 valence electrons. The summed E-state index contributed by atoms with van der Waals surface area (Å²) >= 11 is 0. The average Bonchev–Trinajstić information content (AvgIpc) is 1.90. The predicted octanol–water partition coefficient (Wildman–Crippen LogP) is 0.510. The van der Waals surface area contributed by atoms with E-state index in [-0.39, 0.29) is 6.73 Å². The molecule has 0 radical (unpaired) electrons. The summed E-state index contributed by atoms with van der Waals surface area (Å²) in [5.41, 5.74) is 0. The number of hydrogen-bond donors (Lipinski definition) is 0. The maximum Gasteiger partial charge on any atom is 0.304 e. The molecule has 0 aliphatic heterocycles. The van der Waals surface area contributed by atoms with Gasteiger partial charge in [-0.05, 0) is 6.92 Å². The molecule has 0 aromatic rings. The third-order valence-corrected chi connectivity index (χ3v) is 0.897. The van der Waals surface area contributed by atoms with Crippen molar-refractivity contribution in [3.05, 3.63) is 4.91 Å². The molecule has 5 heteroatoms. The topological polar surface area (TPSA) is 59.0 Å². The molecule has 0 N–H and O–H groups in total. The van der Waals surface area contributed by atoms with Gasteiger partial charge in [0.15, 0.2) is 6.73 Å². The average molecular weight is 146 g/mol. The maximum absolute atomic E-state index is 10.2. The third-order valence-electron chi connectivity index (χ3n) is 0.897. The first kappa shape index (κ1) is 8.87. The molecule has 0 saturated carbocycles. The minimum atomic E-state index is -0.415. The highest BCUT2D eigenvalue weighted by Crippen LogP contribution is 1.88. The lowest BCUT2D eigenvalue weighted by Crippen LogP contribution is -2.21. The van der Waals surface area contributed by atoms with Crippen molar-refractivity contribution < 1.29 is 9.53 Å². The predicted molar refractivity (Wildman–Crippen MR) is 34.8 cm³/mol. The van der Waals surface area contributed by atoms with Crippen LogP contribution in [0, 0.1) is 4.91 Å². The standard InChI is InChI=1S/C5H10N2O3/c1-3-7(6-9)4-10-5(2)8/h3-4H2,1-2H3. The summed E-state index contributed by atoms with van der Waals surface area (Å²) in [5.74, 6) is -0.415. The van der Waals surface area contributed by atoms with Crippen molar-refractivity contribution in [2.75, 3.05) is 13.3 Å². The van der Waals surface area contributed by atoms with Crippen LogP contribution in [0.3, 0.4) is 0 Å². The van der Waals surface area contributed by atoms with Crippen LogP contribution in [0.4, 0.5) is 0 Å². The molecule has 0 saturated heterocycles. The van der Waals surface area contributed by atoms with E-state index in [2.05, 4.69) is 10.0 Å². The van der Waals surface area contributed by atoms with Crippen molar-refractivity contribution in [1.82, 2.24) is 5.01 Å². The summed E-state index contributed by atoms with van der Waals surface area (Å²) in [7, 11) is 0. The van der Waals surface area contributed by atoms with E-state index in [1.807, 2.05) is 0 Å². The molecule has 0 aromatic heterocycles. The van der Waals surface area contributed by atoms with Crippen LogP contribution in [0.15, 0.2) is 5.29 Å². The van der Waals surface area contributed by atoms with Gasteiger partial charge in [-0.3, -0.25) is 4.79 Å². The van der Waals surface area contributed by atoms with E-state index < -0.39 is 5.97 Å². The van der Waals surface area contributed by atoms with Gasteiger partial charge in [0.25, 0.3) is 0 Å². The monoisotopic (exact) mass is 146 g/mol. The highest BCUT2D eigenvalue weighted by atomic mass is 16.5. The Kier molecular flexibility index (Phi) is 4.19. The molecular weight excluding hydrogens is 136 g/mol. The normalized spacial score (nSPS) is 8.60. The highest BCUT2D eigenvalue weighted by Gasteiger charge is 1.99. The Morgan fingerprint density at radius 1 is 1.70 bits per heavy atom. The second-order valence-corrected chi connectivity index (χ2v) is 1.67. The van der Waals surface area contributed by atoms with Gasteiger partial charge in [-0.1, -0.05) is 0 Å². The molecule has 0 unspecified atom stereocenters. The van der Waals surface area contributed by atoms with Gasteiger partial charge in [-0.15, -0.1) is 4.91 Å². The first-order chi connectivity index (χ1) is 4.70. The van der Waals surface area contributed by atoms with Crippen LogP contribution in [-0.4, -0.2) is 24.3 Å². The highest BCUT2D eigenvalue weighted by molar-refractivity contribution is 5.65. The second-order valence-electron chi connectivity index (χ2n) is 1.67. The van der Waals surface area contributed by atoms with E-state index in [9.17, 15) is 9.70 Å². The quantitative estimate of drug-likeness (QED) is 0.251. The molecule has 0 aliphatic rings. The Balaban J connectivity index is 3.44. The van der Waals surface area contributed by atoms with Gasteiger partial charge in [0, 0.05) is 13.5 Å². The number of hydrogen-bond acceptors (Lipinski definition) is 4. The molecule has 0 bridgehead atoms. The van der Waals surface area contributed by atoms with E-state index in [1.54, 1.807) is 6.92 Å². The lowest BCUT2D eigenvalue weighted by molar-refractivity contribution is -0.145. The molecule has 0 heterocycles. The summed E-state index contributed by atoms with van der Waals surface area (Å²) in [6.07, 6.45) is 0. The van der Waals surface area contributed by atoms with Crippen molar-refractivity contribution in [1.29, 1.82) is 0 Å². The van der Waals surface area contributed by atoms with Crippen LogP contribution < -0.4 is 0 Å². The van der Waals surface area contributed by atoms with Crippen molar-refractivity contribution in [3.63, 3.8) is 0 Å². The van der Waals surface area contributed by atoms with Gasteiger partial charge < -0.3 is 4.74 Å².